The number of carbonyl (C=O) groups is 2. The van der Waals surface area contributed by atoms with Crippen LogP contribution in [-0.4, -0.2) is 11.8 Å². The maximum absolute atomic E-state index is 11.8. The predicted molar refractivity (Wildman–Crippen MR) is 79.5 cm³/mol. The summed E-state index contributed by atoms with van der Waals surface area (Å²) in [6.07, 6.45) is 2.76. The van der Waals surface area contributed by atoms with Gasteiger partial charge in [-0.05, 0) is 37.3 Å². The van der Waals surface area contributed by atoms with Crippen LogP contribution in [0.1, 0.15) is 21.9 Å². The van der Waals surface area contributed by atoms with Crippen LogP contribution in [0.2, 0.25) is 5.02 Å². The van der Waals surface area contributed by atoms with Gasteiger partial charge in [-0.25, -0.2) is 0 Å². The van der Waals surface area contributed by atoms with E-state index < -0.39 is 11.8 Å². The Kier molecular flexibility index (Phi) is 4.79. The molecule has 6 heteroatoms. The first-order chi connectivity index (χ1) is 10.1. The number of nitrogens with one attached hydrogen (secondary N) is 2. The number of aryl methyl sites for hydroxylation is 1. The van der Waals surface area contributed by atoms with Crippen LogP contribution in [0.15, 0.2) is 46.9 Å². The Hall–Kier alpha value is -2.53. The Bertz CT molecular complexity index is 692. The van der Waals surface area contributed by atoms with Crippen LogP contribution in [-0.2, 0) is 4.79 Å². The first-order valence-electron chi connectivity index (χ1n) is 6.15. The van der Waals surface area contributed by atoms with Crippen LogP contribution in [0.5, 0.6) is 0 Å². The summed E-state index contributed by atoms with van der Waals surface area (Å²) in [6, 6.07) is 10.1. The Morgan fingerprint density at radius 3 is 2.57 bits per heavy atom. The number of rotatable bonds is 3. The van der Waals surface area contributed by atoms with E-state index in [1.807, 2.05) is 0 Å². The molecule has 0 aliphatic carbocycles. The van der Waals surface area contributed by atoms with Crippen LogP contribution < -0.4 is 10.9 Å². The molecule has 0 unspecified atom stereocenters. The average Bonchev–Trinajstić information content (AvgIpc) is 2.89. The predicted octanol–water partition coefficient (Wildman–Crippen LogP) is 2.72. The molecule has 2 amide bonds. The van der Waals surface area contributed by atoms with Crippen molar-refractivity contribution in [2.45, 2.75) is 6.92 Å². The van der Waals surface area contributed by atoms with Gasteiger partial charge in [-0.3, -0.25) is 20.4 Å². The lowest BCUT2D eigenvalue weighted by Crippen LogP contribution is -2.40. The molecule has 2 aromatic rings. The highest BCUT2D eigenvalue weighted by atomic mass is 35.5. The van der Waals surface area contributed by atoms with Crippen molar-refractivity contribution in [2.24, 2.45) is 0 Å². The standard InChI is InChI=1S/C15H13ClN2O3/c1-10-6-7-11(21-10)8-9-14(19)17-18-15(20)12-4-2-3-5-13(12)16/h2-9H,1H3,(H,17,19)(H,18,20). The van der Waals surface area contributed by atoms with E-state index in [1.165, 1.54) is 12.2 Å². The van der Waals surface area contributed by atoms with Crippen molar-refractivity contribution in [3.63, 3.8) is 0 Å². The first kappa shape index (κ1) is 14.9. The van der Waals surface area contributed by atoms with E-state index in [4.69, 9.17) is 16.0 Å². The van der Waals surface area contributed by atoms with E-state index in [9.17, 15) is 9.59 Å². The number of amides is 2. The Balaban J connectivity index is 1.88. The van der Waals surface area contributed by atoms with E-state index >= 15 is 0 Å². The summed E-state index contributed by atoms with van der Waals surface area (Å²) in [5.41, 5.74) is 4.82. The van der Waals surface area contributed by atoms with Crippen molar-refractivity contribution in [1.29, 1.82) is 0 Å². The second-order valence-corrected chi connectivity index (χ2v) is 4.61. The molecule has 0 aliphatic heterocycles. The fourth-order valence-electron chi connectivity index (χ4n) is 1.57. The van der Waals surface area contributed by atoms with Crippen LogP contribution in [0, 0.1) is 6.92 Å². The van der Waals surface area contributed by atoms with Gasteiger partial charge >= 0.3 is 0 Å². The van der Waals surface area contributed by atoms with Gasteiger partial charge in [-0.1, -0.05) is 23.7 Å². The minimum atomic E-state index is -0.490. The monoisotopic (exact) mass is 304 g/mol. The maximum Gasteiger partial charge on any atom is 0.271 e. The van der Waals surface area contributed by atoms with Crippen LogP contribution in [0.4, 0.5) is 0 Å². The second kappa shape index (κ2) is 6.76. The number of hydrazine groups is 1. The van der Waals surface area contributed by atoms with Crippen molar-refractivity contribution in [1.82, 2.24) is 10.9 Å². The number of carbonyl (C=O) groups excluding carboxylic acids is 2. The highest BCUT2D eigenvalue weighted by molar-refractivity contribution is 6.33. The zero-order valence-corrected chi connectivity index (χ0v) is 12.0. The van der Waals surface area contributed by atoms with E-state index in [0.29, 0.717) is 10.8 Å². The summed E-state index contributed by atoms with van der Waals surface area (Å²) >= 11 is 5.88. The molecule has 2 N–H and O–H groups in total. The lowest BCUT2D eigenvalue weighted by molar-refractivity contribution is -0.117. The Morgan fingerprint density at radius 1 is 1.14 bits per heavy atom. The molecule has 21 heavy (non-hydrogen) atoms. The summed E-state index contributed by atoms with van der Waals surface area (Å²) in [4.78, 5) is 23.4. The molecule has 0 bridgehead atoms. The molecule has 1 heterocycles. The number of hydrogen-bond donors (Lipinski definition) is 2. The van der Waals surface area contributed by atoms with Crippen LogP contribution >= 0.6 is 11.6 Å². The van der Waals surface area contributed by atoms with Crippen molar-refractivity contribution in [3.05, 3.63) is 64.6 Å². The molecule has 0 aliphatic rings. The third-order valence-corrected chi connectivity index (χ3v) is 2.91. The zero-order valence-electron chi connectivity index (χ0n) is 11.2. The molecule has 0 fully saturated rings. The summed E-state index contributed by atoms with van der Waals surface area (Å²) in [6.45, 7) is 1.81. The molecular formula is C15H13ClN2O3. The maximum atomic E-state index is 11.8. The number of halogens is 1. The quantitative estimate of drug-likeness (QED) is 0.676. The fourth-order valence-corrected chi connectivity index (χ4v) is 1.80. The van der Waals surface area contributed by atoms with Gasteiger partial charge in [-0.2, -0.15) is 0 Å². The van der Waals surface area contributed by atoms with E-state index in [-0.39, 0.29) is 5.56 Å². The highest BCUT2D eigenvalue weighted by Gasteiger charge is 2.09. The molecule has 0 saturated carbocycles. The Morgan fingerprint density at radius 2 is 1.90 bits per heavy atom. The lowest BCUT2D eigenvalue weighted by Gasteiger charge is -2.06. The minimum Gasteiger partial charge on any atom is -0.462 e. The van der Waals surface area contributed by atoms with Crippen LogP contribution in [0.3, 0.4) is 0 Å². The average molecular weight is 305 g/mol. The number of furan rings is 1. The number of benzene rings is 1. The molecular weight excluding hydrogens is 292 g/mol. The number of hydrogen-bond acceptors (Lipinski definition) is 3. The molecule has 0 atom stereocenters. The van der Waals surface area contributed by atoms with Crippen molar-refractivity contribution >= 4 is 29.5 Å². The highest BCUT2D eigenvalue weighted by Crippen LogP contribution is 2.14. The summed E-state index contributed by atoms with van der Waals surface area (Å²) < 4.78 is 5.27. The summed E-state index contributed by atoms with van der Waals surface area (Å²) in [5.74, 6) is 0.336. The molecule has 0 saturated heterocycles. The van der Waals surface area contributed by atoms with Crippen molar-refractivity contribution in [2.75, 3.05) is 0 Å². The van der Waals surface area contributed by atoms with Gasteiger partial charge < -0.3 is 4.42 Å². The third-order valence-electron chi connectivity index (χ3n) is 2.58. The van der Waals surface area contributed by atoms with Crippen molar-refractivity contribution in [3.8, 4) is 0 Å². The molecule has 1 aromatic carbocycles. The third kappa shape index (κ3) is 4.22. The minimum absolute atomic E-state index is 0.283. The normalized spacial score (nSPS) is 10.6. The van der Waals surface area contributed by atoms with E-state index in [0.717, 1.165) is 5.76 Å². The van der Waals surface area contributed by atoms with E-state index in [1.54, 1.807) is 43.3 Å². The van der Waals surface area contributed by atoms with Crippen LogP contribution in [0.25, 0.3) is 6.08 Å². The first-order valence-corrected chi connectivity index (χ1v) is 6.53. The van der Waals surface area contributed by atoms with Gasteiger partial charge in [0.1, 0.15) is 11.5 Å². The fraction of sp³-hybridized carbons (Fsp3) is 0.0667. The van der Waals surface area contributed by atoms with Gasteiger partial charge in [-0.15, -0.1) is 0 Å². The lowest BCUT2D eigenvalue weighted by atomic mass is 10.2. The largest absolute Gasteiger partial charge is 0.462 e. The summed E-state index contributed by atoms with van der Waals surface area (Å²) in [5, 5.41) is 0.311. The van der Waals surface area contributed by atoms with Gasteiger partial charge in [0.2, 0.25) is 0 Å². The molecule has 108 valence electrons. The van der Waals surface area contributed by atoms with Gasteiger partial charge in [0, 0.05) is 6.08 Å². The van der Waals surface area contributed by atoms with Gasteiger partial charge in [0.05, 0.1) is 10.6 Å². The van der Waals surface area contributed by atoms with Crippen molar-refractivity contribution < 1.29 is 14.0 Å². The van der Waals surface area contributed by atoms with Gasteiger partial charge in [0.25, 0.3) is 11.8 Å². The second-order valence-electron chi connectivity index (χ2n) is 4.20. The molecule has 2 rings (SSSR count). The molecule has 5 nitrogen and oxygen atoms in total. The Labute approximate surface area is 126 Å². The smallest absolute Gasteiger partial charge is 0.271 e. The topological polar surface area (TPSA) is 71.3 Å². The molecule has 0 radical (unpaired) electrons. The van der Waals surface area contributed by atoms with Gasteiger partial charge in [0.15, 0.2) is 0 Å². The zero-order chi connectivity index (χ0) is 15.2. The van der Waals surface area contributed by atoms with E-state index in [2.05, 4.69) is 10.9 Å². The molecule has 0 spiro atoms. The molecule has 1 aromatic heterocycles. The SMILES string of the molecule is Cc1ccc(C=CC(=O)NNC(=O)c2ccccc2Cl)o1. The summed E-state index contributed by atoms with van der Waals surface area (Å²) in [7, 11) is 0.